The standard InChI is InChI=1S/C13H13OP.CH4/c1-15(14,12-8-4-2-5-9-12)13-10-6-3-7-11-13;/h2-11H,1H3;1H4. The van der Waals surface area contributed by atoms with Gasteiger partial charge in [-0.25, -0.2) is 0 Å². The number of hydrogen-bond donors (Lipinski definition) is 0. The molecule has 0 amide bonds. The third-order valence-corrected chi connectivity index (χ3v) is 5.06. The lowest BCUT2D eigenvalue weighted by Crippen LogP contribution is -2.14. The molecule has 0 spiro atoms. The van der Waals surface area contributed by atoms with Crippen molar-refractivity contribution in [2.75, 3.05) is 6.66 Å². The second kappa shape index (κ2) is 5.14. The highest BCUT2D eigenvalue weighted by molar-refractivity contribution is 7.78. The van der Waals surface area contributed by atoms with Crippen LogP contribution < -0.4 is 10.6 Å². The van der Waals surface area contributed by atoms with Crippen LogP contribution in [0.3, 0.4) is 0 Å². The average Bonchev–Trinajstić information content (AvgIpc) is 2.31. The summed E-state index contributed by atoms with van der Waals surface area (Å²) in [5, 5.41) is 1.83. The number of rotatable bonds is 2. The lowest BCUT2D eigenvalue weighted by molar-refractivity contribution is 0.590. The molecule has 0 aliphatic carbocycles. The van der Waals surface area contributed by atoms with Crippen molar-refractivity contribution in [3.63, 3.8) is 0 Å². The minimum atomic E-state index is -2.40. The zero-order valence-corrected chi connectivity index (χ0v) is 9.52. The topological polar surface area (TPSA) is 17.1 Å². The molecule has 0 fully saturated rings. The Labute approximate surface area is 97.5 Å². The molecular formula is C14H17OP. The summed E-state index contributed by atoms with van der Waals surface area (Å²) in [7, 11) is -2.40. The Morgan fingerprint density at radius 2 is 1.06 bits per heavy atom. The van der Waals surface area contributed by atoms with E-state index in [1.165, 1.54) is 0 Å². The molecule has 2 aromatic carbocycles. The van der Waals surface area contributed by atoms with Crippen LogP contribution >= 0.6 is 7.14 Å². The van der Waals surface area contributed by atoms with E-state index in [1.54, 1.807) is 0 Å². The van der Waals surface area contributed by atoms with Crippen molar-refractivity contribution in [1.29, 1.82) is 0 Å². The van der Waals surface area contributed by atoms with Crippen molar-refractivity contribution in [2.45, 2.75) is 7.43 Å². The number of benzene rings is 2. The van der Waals surface area contributed by atoms with E-state index in [0.29, 0.717) is 0 Å². The molecule has 0 N–H and O–H groups in total. The summed E-state index contributed by atoms with van der Waals surface area (Å²) < 4.78 is 12.6. The monoisotopic (exact) mass is 232 g/mol. The molecule has 0 saturated carbocycles. The minimum absolute atomic E-state index is 0. The average molecular weight is 232 g/mol. The van der Waals surface area contributed by atoms with Gasteiger partial charge in [-0.2, -0.15) is 0 Å². The Hall–Kier alpha value is -1.33. The van der Waals surface area contributed by atoms with Crippen LogP contribution in [-0.2, 0) is 4.57 Å². The van der Waals surface area contributed by atoms with E-state index in [9.17, 15) is 4.57 Å². The first-order chi connectivity index (χ1) is 7.21. The van der Waals surface area contributed by atoms with E-state index in [0.717, 1.165) is 10.6 Å². The first-order valence-corrected chi connectivity index (χ1v) is 7.05. The van der Waals surface area contributed by atoms with Crippen LogP contribution in [0.15, 0.2) is 60.7 Å². The maximum absolute atomic E-state index is 12.6. The molecule has 0 atom stereocenters. The molecule has 0 aromatic heterocycles. The van der Waals surface area contributed by atoms with Crippen molar-refractivity contribution in [1.82, 2.24) is 0 Å². The fraction of sp³-hybridized carbons (Fsp3) is 0.143. The van der Waals surface area contributed by atoms with Crippen LogP contribution in [0.25, 0.3) is 0 Å². The predicted octanol–water partition coefficient (Wildman–Crippen LogP) is 3.27. The largest absolute Gasteiger partial charge is 0.314 e. The van der Waals surface area contributed by atoms with Gasteiger partial charge in [-0.3, -0.25) is 0 Å². The van der Waals surface area contributed by atoms with Gasteiger partial charge in [-0.15, -0.1) is 0 Å². The van der Waals surface area contributed by atoms with Gasteiger partial charge in [0.1, 0.15) is 7.14 Å². The highest BCUT2D eigenvalue weighted by Gasteiger charge is 2.19. The van der Waals surface area contributed by atoms with Crippen molar-refractivity contribution < 1.29 is 4.57 Å². The minimum Gasteiger partial charge on any atom is -0.314 e. The van der Waals surface area contributed by atoms with E-state index in [4.69, 9.17) is 0 Å². The number of hydrogen-bond acceptors (Lipinski definition) is 1. The van der Waals surface area contributed by atoms with Gasteiger partial charge in [-0.1, -0.05) is 68.1 Å². The maximum atomic E-state index is 12.6. The lowest BCUT2D eigenvalue weighted by atomic mass is 10.4. The fourth-order valence-corrected chi connectivity index (χ4v) is 3.35. The zero-order chi connectivity index (χ0) is 10.7. The van der Waals surface area contributed by atoms with E-state index in [1.807, 2.05) is 67.3 Å². The molecule has 2 heteroatoms. The third-order valence-electron chi connectivity index (χ3n) is 2.50. The quantitative estimate of drug-likeness (QED) is 0.726. The van der Waals surface area contributed by atoms with Gasteiger partial charge >= 0.3 is 0 Å². The summed E-state index contributed by atoms with van der Waals surface area (Å²) in [6.45, 7) is 1.82. The van der Waals surface area contributed by atoms with E-state index in [-0.39, 0.29) is 7.43 Å². The SMILES string of the molecule is C.CP(=O)(c1ccccc1)c1ccccc1. The van der Waals surface area contributed by atoms with Gasteiger partial charge in [0.25, 0.3) is 0 Å². The first kappa shape index (κ1) is 12.7. The second-order valence-electron chi connectivity index (χ2n) is 3.60. The molecule has 0 aliphatic rings. The van der Waals surface area contributed by atoms with Crippen LogP contribution in [-0.4, -0.2) is 6.66 Å². The molecule has 1 nitrogen and oxygen atoms in total. The summed E-state index contributed by atoms with van der Waals surface area (Å²) in [5.74, 6) is 0. The van der Waals surface area contributed by atoms with Gasteiger partial charge in [-0.05, 0) is 6.66 Å². The first-order valence-electron chi connectivity index (χ1n) is 4.90. The smallest absolute Gasteiger partial charge is 0.140 e. The Bertz CT molecular complexity index is 433. The normalized spacial score (nSPS) is 10.6. The van der Waals surface area contributed by atoms with E-state index in [2.05, 4.69) is 0 Å². The molecule has 0 heterocycles. The van der Waals surface area contributed by atoms with Crippen molar-refractivity contribution in [3.8, 4) is 0 Å². The molecule has 2 aromatic rings. The Kier molecular flexibility index (Phi) is 4.09. The molecule has 16 heavy (non-hydrogen) atoms. The van der Waals surface area contributed by atoms with Gasteiger partial charge < -0.3 is 4.57 Å². The summed E-state index contributed by atoms with van der Waals surface area (Å²) in [5.41, 5.74) is 0. The van der Waals surface area contributed by atoms with Gasteiger partial charge in [0.15, 0.2) is 0 Å². The van der Waals surface area contributed by atoms with Gasteiger partial charge in [0.2, 0.25) is 0 Å². The van der Waals surface area contributed by atoms with Gasteiger partial charge in [0.05, 0.1) is 0 Å². The molecule has 0 bridgehead atoms. The van der Waals surface area contributed by atoms with Crippen LogP contribution in [0.5, 0.6) is 0 Å². The molecular weight excluding hydrogens is 215 g/mol. The van der Waals surface area contributed by atoms with Crippen LogP contribution in [0.2, 0.25) is 0 Å². The molecule has 0 unspecified atom stereocenters. The predicted molar refractivity (Wildman–Crippen MR) is 72.4 cm³/mol. The lowest BCUT2D eigenvalue weighted by Gasteiger charge is -2.13. The summed E-state index contributed by atoms with van der Waals surface area (Å²) in [6, 6.07) is 19.3. The van der Waals surface area contributed by atoms with E-state index >= 15 is 0 Å². The van der Waals surface area contributed by atoms with Crippen LogP contribution in [0.4, 0.5) is 0 Å². The second-order valence-corrected chi connectivity index (χ2v) is 6.48. The Balaban J connectivity index is 0.00000128. The van der Waals surface area contributed by atoms with Crippen LogP contribution in [0, 0.1) is 0 Å². The summed E-state index contributed by atoms with van der Waals surface area (Å²) in [4.78, 5) is 0. The third kappa shape index (κ3) is 2.43. The maximum Gasteiger partial charge on any atom is 0.140 e. The van der Waals surface area contributed by atoms with Gasteiger partial charge in [0, 0.05) is 10.6 Å². The highest BCUT2D eigenvalue weighted by Crippen LogP contribution is 2.38. The molecule has 0 aliphatic heterocycles. The van der Waals surface area contributed by atoms with E-state index < -0.39 is 7.14 Å². The van der Waals surface area contributed by atoms with Crippen LogP contribution in [0.1, 0.15) is 7.43 Å². The van der Waals surface area contributed by atoms with Crippen molar-refractivity contribution >= 4 is 17.8 Å². The molecule has 2 rings (SSSR count). The zero-order valence-electron chi connectivity index (χ0n) is 8.63. The Morgan fingerprint density at radius 3 is 1.38 bits per heavy atom. The van der Waals surface area contributed by atoms with Crippen molar-refractivity contribution in [3.05, 3.63) is 60.7 Å². The Morgan fingerprint density at radius 1 is 0.750 bits per heavy atom. The molecule has 0 saturated heterocycles. The van der Waals surface area contributed by atoms with Crippen molar-refractivity contribution in [2.24, 2.45) is 0 Å². The fourth-order valence-electron chi connectivity index (χ4n) is 1.57. The highest BCUT2D eigenvalue weighted by atomic mass is 31.2. The molecule has 0 radical (unpaired) electrons. The summed E-state index contributed by atoms with van der Waals surface area (Å²) >= 11 is 0. The summed E-state index contributed by atoms with van der Waals surface area (Å²) in [6.07, 6.45) is 0. The molecule has 84 valence electrons.